The smallest absolute Gasteiger partial charge is 0.319 e. The molecule has 2 N–H and O–H groups in total. The molecule has 0 bridgehead atoms. The normalized spacial score (nSPS) is 11.3. The van der Waals surface area contributed by atoms with Gasteiger partial charge in [-0.1, -0.05) is 42.5 Å². The van der Waals surface area contributed by atoms with Gasteiger partial charge in [0.2, 0.25) is 10.0 Å². The molecule has 3 rings (SSSR count). The second kappa shape index (κ2) is 10.2. The minimum atomic E-state index is -3.66. The Labute approximate surface area is 181 Å². The van der Waals surface area contributed by atoms with E-state index >= 15 is 0 Å². The van der Waals surface area contributed by atoms with E-state index in [4.69, 9.17) is 0 Å². The van der Waals surface area contributed by atoms with Crippen molar-refractivity contribution in [1.82, 2.24) is 9.62 Å². The van der Waals surface area contributed by atoms with Gasteiger partial charge in [0.05, 0.1) is 4.90 Å². The summed E-state index contributed by atoms with van der Waals surface area (Å²) in [6.45, 7) is 0.600. The molecule has 0 radical (unpaired) electrons. The summed E-state index contributed by atoms with van der Waals surface area (Å²) < 4.78 is 40.0. The van der Waals surface area contributed by atoms with E-state index in [9.17, 15) is 17.6 Å². The Morgan fingerprint density at radius 3 is 2.29 bits per heavy atom. The lowest BCUT2D eigenvalue weighted by atomic mass is 10.1. The molecule has 0 aliphatic heterocycles. The molecular formula is C23H24FN3O3S. The maximum atomic E-state index is 13.2. The number of nitrogens with zero attached hydrogens (tertiary/aromatic N) is 1. The number of urea groups is 1. The summed E-state index contributed by atoms with van der Waals surface area (Å²) in [6.07, 6.45) is 0.496. The summed E-state index contributed by atoms with van der Waals surface area (Å²) in [7, 11) is -2.13. The zero-order chi connectivity index (χ0) is 22.3. The number of sulfonamides is 1. The number of hydrogen-bond acceptors (Lipinski definition) is 3. The average molecular weight is 442 g/mol. The molecule has 0 saturated heterocycles. The van der Waals surface area contributed by atoms with Gasteiger partial charge in [-0.25, -0.2) is 17.6 Å². The average Bonchev–Trinajstić information content (AvgIpc) is 2.75. The summed E-state index contributed by atoms with van der Waals surface area (Å²) in [5, 5.41) is 5.35. The van der Waals surface area contributed by atoms with Crippen molar-refractivity contribution >= 4 is 21.7 Å². The minimum absolute atomic E-state index is 0.142. The molecule has 3 aromatic carbocycles. The van der Waals surface area contributed by atoms with E-state index < -0.39 is 16.1 Å². The maximum Gasteiger partial charge on any atom is 0.319 e. The zero-order valence-corrected chi connectivity index (χ0v) is 17.9. The fourth-order valence-corrected chi connectivity index (χ4v) is 4.16. The Morgan fingerprint density at radius 1 is 0.935 bits per heavy atom. The number of benzene rings is 3. The molecule has 0 aromatic heterocycles. The van der Waals surface area contributed by atoms with Crippen molar-refractivity contribution < 1.29 is 17.6 Å². The van der Waals surface area contributed by atoms with Crippen LogP contribution in [0.2, 0.25) is 0 Å². The van der Waals surface area contributed by atoms with Crippen LogP contribution in [0, 0.1) is 5.82 Å². The Hall–Kier alpha value is -3.23. The van der Waals surface area contributed by atoms with E-state index in [0.29, 0.717) is 18.7 Å². The first-order valence-corrected chi connectivity index (χ1v) is 11.2. The second-order valence-corrected chi connectivity index (χ2v) is 9.08. The van der Waals surface area contributed by atoms with Crippen molar-refractivity contribution in [3.63, 3.8) is 0 Å². The van der Waals surface area contributed by atoms with Crippen LogP contribution in [0.5, 0.6) is 0 Å². The van der Waals surface area contributed by atoms with Gasteiger partial charge in [-0.15, -0.1) is 0 Å². The largest absolute Gasteiger partial charge is 0.338 e. The zero-order valence-electron chi connectivity index (χ0n) is 17.1. The van der Waals surface area contributed by atoms with Crippen LogP contribution in [-0.4, -0.2) is 32.3 Å². The topological polar surface area (TPSA) is 78.5 Å². The summed E-state index contributed by atoms with van der Waals surface area (Å²) in [5.74, 6) is -0.314. The molecule has 0 fully saturated rings. The molecule has 0 aliphatic carbocycles. The van der Waals surface area contributed by atoms with Crippen molar-refractivity contribution in [2.75, 3.05) is 18.9 Å². The molecule has 0 spiro atoms. The van der Waals surface area contributed by atoms with Gasteiger partial charge in [0, 0.05) is 25.8 Å². The van der Waals surface area contributed by atoms with Gasteiger partial charge < -0.3 is 10.6 Å². The van der Waals surface area contributed by atoms with E-state index in [0.717, 1.165) is 11.1 Å². The van der Waals surface area contributed by atoms with Crippen LogP contribution in [0.25, 0.3) is 0 Å². The van der Waals surface area contributed by atoms with Gasteiger partial charge in [-0.2, -0.15) is 4.31 Å². The molecule has 6 nitrogen and oxygen atoms in total. The molecule has 0 heterocycles. The lowest BCUT2D eigenvalue weighted by molar-refractivity contribution is 0.252. The molecule has 0 atom stereocenters. The Morgan fingerprint density at radius 2 is 1.61 bits per heavy atom. The van der Waals surface area contributed by atoms with Gasteiger partial charge in [0.15, 0.2) is 0 Å². The van der Waals surface area contributed by atoms with E-state index in [-0.39, 0.29) is 17.3 Å². The van der Waals surface area contributed by atoms with Crippen LogP contribution in [0.1, 0.15) is 11.1 Å². The van der Waals surface area contributed by atoms with Crippen LogP contribution in [0.15, 0.2) is 83.8 Å². The van der Waals surface area contributed by atoms with E-state index in [1.54, 1.807) is 12.1 Å². The molecule has 3 aromatic rings. The van der Waals surface area contributed by atoms with E-state index in [1.807, 2.05) is 30.3 Å². The van der Waals surface area contributed by atoms with E-state index in [1.165, 1.54) is 47.8 Å². The van der Waals surface area contributed by atoms with Crippen molar-refractivity contribution in [2.24, 2.45) is 0 Å². The highest BCUT2D eigenvalue weighted by molar-refractivity contribution is 7.89. The van der Waals surface area contributed by atoms with Gasteiger partial charge >= 0.3 is 6.03 Å². The van der Waals surface area contributed by atoms with Crippen LogP contribution >= 0.6 is 0 Å². The predicted molar refractivity (Wildman–Crippen MR) is 119 cm³/mol. The molecular weight excluding hydrogens is 417 g/mol. The number of carbonyl (C=O) groups is 1. The number of halogens is 1. The van der Waals surface area contributed by atoms with Crippen molar-refractivity contribution in [3.05, 3.63) is 95.8 Å². The standard InChI is InChI=1S/C23H24FN3O3S/c1-27(17-19-6-3-2-4-7-19)31(29,30)22-12-10-21(11-13-22)26-23(28)25-15-14-18-8-5-9-20(24)16-18/h2-13,16H,14-15,17H2,1H3,(H2,25,26,28). The molecule has 0 aliphatic rings. The quantitative estimate of drug-likeness (QED) is 0.554. The van der Waals surface area contributed by atoms with Gasteiger partial charge in [-0.3, -0.25) is 0 Å². The lowest BCUT2D eigenvalue weighted by Crippen LogP contribution is -2.30. The first kappa shape index (κ1) is 22.5. The fraction of sp³-hybridized carbons (Fsp3) is 0.174. The Balaban J connectivity index is 1.53. The molecule has 2 amide bonds. The van der Waals surface area contributed by atoms with Crippen molar-refractivity contribution in [3.8, 4) is 0 Å². The molecule has 0 unspecified atom stereocenters. The highest BCUT2D eigenvalue weighted by Crippen LogP contribution is 2.19. The third kappa shape index (κ3) is 6.37. The third-order valence-electron chi connectivity index (χ3n) is 4.66. The van der Waals surface area contributed by atoms with Crippen molar-refractivity contribution in [2.45, 2.75) is 17.9 Å². The first-order chi connectivity index (χ1) is 14.8. The highest BCUT2D eigenvalue weighted by Gasteiger charge is 2.20. The number of anilines is 1. The number of carbonyl (C=O) groups excluding carboxylic acids is 1. The van der Waals surface area contributed by atoms with Crippen LogP contribution in [-0.2, 0) is 23.0 Å². The monoisotopic (exact) mass is 441 g/mol. The SMILES string of the molecule is CN(Cc1ccccc1)S(=O)(=O)c1ccc(NC(=O)NCCc2cccc(F)c2)cc1. The first-order valence-electron chi connectivity index (χ1n) is 9.74. The Kier molecular flexibility index (Phi) is 7.38. The Bertz CT molecular complexity index is 1120. The number of hydrogen-bond donors (Lipinski definition) is 2. The summed E-state index contributed by atoms with van der Waals surface area (Å²) >= 11 is 0. The second-order valence-electron chi connectivity index (χ2n) is 7.03. The van der Waals surface area contributed by atoms with Crippen molar-refractivity contribution in [1.29, 1.82) is 0 Å². The minimum Gasteiger partial charge on any atom is -0.338 e. The predicted octanol–water partition coefficient (Wildman–Crippen LogP) is 4.01. The van der Waals surface area contributed by atoms with Gasteiger partial charge in [0.25, 0.3) is 0 Å². The maximum absolute atomic E-state index is 13.2. The fourth-order valence-electron chi connectivity index (χ4n) is 3.00. The lowest BCUT2D eigenvalue weighted by Gasteiger charge is -2.17. The molecule has 162 valence electrons. The van der Waals surface area contributed by atoms with Gasteiger partial charge in [0.1, 0.15) is 5.82 Å². The number of amides is 2. The van der Waals surface area contributed by atoms with Crippen LogP contribution < -0.4 is 10.6 Å². The van der Waals surface area contributed by atoms with Gasteiger partial charge in [-0.05, 0) is 53.9 Å². The number of rotatable bonds is 8. The van der Waals surface area contributed by atoms with E-state index in [2.05, 4.69) is 10.6 Å². The highest BCUT2D eigenvalue weighted by atomic mass is 32.2. The summed E-state index contributed by atoms with van der Waals surface area (Å²) in [5.41, 5.74) is 2.14. The summed E-state index contributed by atoms with van der Waals surface area (Å²) in [4.78, 5) is 12.2. The molecule has 0 saturated carbocycles. The van der Waals surface area contributed by atoms with Crippen LogP contribution in [0.4, 0.5) is 14.9 Å². The molecule has 8 heteroatoms. The summed E-state index contributed by atoms with van der Waals surface area (Å²) in [6, 6.07) is 21.1. The molecule has 31 heavy (non-hydrogen) atoms. The number of nitrogens with one attached hydrogen (secondary N) is 2. The third-order valence-corrected chi connectivity index (χ3v) is 6.47. The van der Waals surface area contributed by atoms with Crippen LogP contribution in [0.3, 0.4) is 0 Å².